The standard InChI is InChI=1S/C16H21BrN2O4/c1-10-13(16(21)22-3)8-12(17)9-14(10)19(2)23-15(20)11-4-6-18-7-5-11/h8-9,11,18H,4-7H2,1-3H3. The first-order valence-corrected chi connectivity index (χ1v) is 8.28. The summed E-state index contributed by atoms with van der Waals surface area (Å²) in [7, 11) is 3.00. The molecule has 1 aromatic carbocycles. The normalized spacial score (nSPS) is 15.1. The van der Waals surface area contributed by atoms with Gasteiger partial charge in [0.25, 0.3) is 0 Å². The third kappa shape index (κ3) is 4.23. The van der Waals surface area contributed by atoms with E-state index in [1.165, 1.54) is 12.2 Å². The highest BCUT2D eigenvalue weighted by Gasteiger charge is 2.25. The van der Waals surface area contributed by atoms with Crippen molar-refractivity contribution in [2.45, 2.75) is 19.8 Å². The molecule has 6 nitrogen and oxygen atoms in total. The zero-order chi connectivity index (χ0) is 17.0. The Morgan fingerprint density at radius 3 is 2.57 bits per heavy atom. The number of hydrogen-bond acceptors (Lipinski definition) is 6. The third-order valence-corrected chi connectivity index (χ3v) is 4.45. The summed E-state index contributed by atoms with van der Waals surface area (Å²) in [5.74, 6) is -0.762. The maximum Gasteiger partial charge on any atom is 0.338 e. The van der Waals surface area contributed by atoms with E-state index in [4.69, 9.17) is 9.57 Å². The third-order valence-electron chi connectivity index (χ3n) is 3.99. The molecule has 0 spiro atoms. The molecular formula is C16H21BrN2O4. The van der Waals surface area contributed by atoms with Gasteiger partial charge in [-0.05, 0) is 50.6 Å². The zero-order valence-corrected chi connectivity index (χ0v) is 15.1. The summed E-state index contributed by atoms with van der Waals surface area (Å²) in [4.78, 5) is 29.6. The van der Waals surface area contributed by atoms with Crippen LogP contribution in [0.3, 0.4) is 0 Å². The molecule has 0 aromatic heterocycles. The lowest BCUT2D eigenvalue weighted by atomic mass is 9.99. The number of esters is 1. The number of anilines is 1. The summed E-state index contributed by atoms with van der Waals surface area (Å²) < 4.78 is 5.50. The molecule has 0 atom stereocenters. The van der Waals surface area contributed by atoms with E-state index in [0.717, 1.165) is 25.9 Å². The molecule has 1 N–H and O–H groups in total. The van der Waals surface area contributed by atoms with Crippen molar-refractivity contribution >= 4 is 33.6 Å². The Bertz CT molecular complexity index is 600. The van der Waals surface area contributed by atoms with Gasteiger partial charge >= 0.3 is 11.9 Å². The first kappa shape index (κ1) is 17.7. The number of carbonyl (C=O) groups excluding carboxylic acids is 2. The first-order chi connectivity index (χ1) is 10.9. The van der Waals surface area contributed by atoms with Crippen LogP contribution in [0.5, 0.6) is 0 Å². The fourth-order valence-electron chi connectivity index (χ4n) is 2.63. The molecule has 126 valence electrons. The number of methoxy groups -OCH3 is 1. The number of ether oxygens (including phenoxy) is 1. The summed E-state index contributed by atoms with van der Waals surface area (Å²) in [6.07, 6.45) is 1.55. The molecule has 0 unspecified atom stereocenters. The van der Waals surface area contributed by atoms with Crippen LogP contribution in [0.2, 0.25) is 0 Å². The van der Waals surface area contributed by atoms with Gasteiger partial charge in [-0.2, -0.15) is 0 Å². The van der Waals surface area contributed by atoms with Crippen molar-refractivity contribution in [1.29, 1.82) is 0 Å². The molecule has 23 heavy (non-hydrogen) atoms. The maximum atomic E-state index is 12.3. The maximum absolute atomic E-state index is 12.3. The average Bonchev–Trinajstić information content (AvgIpc) is 2.56. The van der Waals surface area contributed by atoms with Crippen molar-refractivity contribution in [3.63, 3.8) is 0 Å². The quantitative estimate of drug-likeness (QED) is 0.635. The molecule has 1 saturated heterocycles. The minimum atomic E-state index is -0.428. The van der Waals surface area contributed by atoms with Crippen molar-refractivity contribution in [3.8, 4) is 0 Å². The van der Waals surface area contributed by atoms with E-state index in [-0.39, 0.29) is 11.9 Å². The molecule has 1 heterocycles. The van der Waals surface area contributed by atoms with E-state index >= 15 is 0 Å². The molecule has 1 aromatic rings. The van der Waals surface area contributed by atoms with Crippen molar-refractivity contribution in [3.05, 3.63) is 27.7 Å². The van der Waals surface area contributed by atoms with E-state index in [2.05, 4.69) is 21.2 Å². The SMILES string of the molecule is COC(=O)c1cc(Br)cc(N(C)OC(=O)C2CCNCC2)c1C. The highest BCUT2D eigenvalue weighted by Crippen LogP contribution is 2.29. The summed E-state index contributed by atoms with van der Waals surface area (Å²) in [5.41, 5.74) is 1.77. The van der Waals surface area contributed by atoms with Crippen LogP contribution in [0.25, 0.3) is 0 Å². The van der Waals surface area contributed by atoms with Crippen LogP contribution in [0.4, 0.5) is 5.69 Å². The van der Waals surface area contributed by atoms with Crippen LogP contribution >= 0.6 is 15.9 Å². The number of benzene rings is 1. The number of halogens is 1. The summed E-state index contributed by atoms with van der Waals surface area (Å²) in [6, 6.07) is 3.49. The summed E-state index contributed by atoms with van der Waals surface area (Å²) in [5, 5.41) is 4.63. The van der Waals surface area contributed by atoms with E-state index in [1.54, 1.807) is 26.1 Å². The van der Waals surface area contributed by atoms with E-state index < -0.39 is 5.97 Å². The van der Waals surface area contributed by atoms with Crippen LogP contribution in [0.1, 0.15) is 28.8 Å². The van der Waals surface area contributed by atoms with Crippen molar-refractivity contribution in [2.24, 2.45) is 5.92 Å². The van der Waals surface area contributed by atoms with Gasteiger partial charge in [-0.25, -0.2) is 14.7 Å². The second kappa shape index (κ2) is 7.79. The molecule has 7 heteroatoms. The second-order valence-corrected chi connectivity index (χ2v) is 6.44. The number of rotatable bonds is 4. The first-order valence-electron chi connectivity index (χ1n) is 7.48. The number of nitrogens with zero attached hydrogens (tertiary/aromatic N) is 1. The van der Waals surface area contributed by atoms with Crippen LogP contribution < -0.4 is 10.4 Å². The minimum Gasteiger partial charge on any atom is -0.465 e. The Balaban J connectivity index is 2.18. The lowest BCUT2D eigenvalue weighted by molar-refractivity contribution is -0.150. The molecule has 1 aliphatic rings. The Labute approximate surface area is 144 Å². The molecule has 0 saturated carbocycles. The molecule has 0 amide bonds. The Kier molecular flexibility index (Phi) is 6.01. The largest absolute Gasteiger partial charge is 0.465 e. The highest BCUT2D eigenvalue weighted by atomic mass is 79.9. The van der Waals surface area contributed by atoms with Gasteiger partial charge in [-0.3, -0.25) is 0 Å². The Morgan fingerprint density at radius 1 is 1.30 bits per heavy atom. The van der Waals surface area contributed by atoms with Crippen LogP contribution in [0, 0.1) is 12.8 Å². The molecule has 1 aliphatic heterocycles. The van der Waals surface area contributed by atoms with Crippen molar-refractivity contribution < 1.29 is 19.2 Å². The number of hydrogen-bond donors (Lipinski definition) is 1. The highest BCUT2D eigenvalue weighted by molar-refractivity contribution is 9.10. The number of piperidine rings is 1. The van der Waals surface area contributed by atoms with Gasteiger partial charge in [0.1, 0.15) is 0 Å². The summed E-state index contributed by atoms with van der Waals surface area (Å²) >= 11 is 3.37. The van der Waals surface area contributed by atoms with Gasteiger partial charge < -0.3 is 14.9 Å². The minimum absolute atomic E-state index is 0.0914. The van der Waals surface area contributed by atoms with Gasteiger partial charge in [-0.15, -0.1) is 0 Å². The Morgan fingerprint density at radius 2 is 1.96 bits per heavy atom. The van der Waals surface area contributed by atoms with Crippen LogP contribution in [0.15, 0.2) is 16.6 Å². The lowest BCUT2D eigenvalue weighted by Gasteiger charge is -2.26. The monoisotopic (exact) mass is 384 g/mol. The van der Waals surface area contributed by atoms with E-state index in [1.807, 2.05) is 0 Å². The second-order valence-electron chi connectivity index (χ2n) is 5.52. The van der Waals surface area contributed by atoms with E-state index in [9.17, 15) is 9.59 Å². The Hall–Kier alpha value is -1.60. The topological polar surface area (TPSA) is 67.9 Å². The average molecular weight is 385 g/mol. The zero-order valence-electron chi connectivity index (χ0n) is 13.5. The fraction of sp³-hybridized carbons (Fsp3) is 0.500. The number of hydroxylamine groups is 1. The van der Waals surface area contributed by atoms with Gasteiger partial charge in [0, 0.05) is 11.5 Å². The van der Waals surface area contributed by atoms with Gasteiger partial charge in [0.2, 0.25) is 0 Å². The molecule has 0 bridgehead atoms. The summed E-state index contributed by atoms with van der Waals surface area (Å²) in [6.45, 7) is 3.45. The predicted molar refractivity (Wildman–Crippen MR) is 90.3 cm³/mol. The number of nitrogens with one attached hydrogen (secondary N) is 1. The number of carbonyl (C=O) groups is 2. The molecule has 2 rings (SSSR count). The van der Waals surface area contributed by atoms with Crippen LogP contribution in [-0.4, -0.2) is 39.2 Å². The predicted octanol–water partition coefficient (Wildman–Crippen LogP) is 2.44. The van der Waals surface area contributed by atoms with Gasteiger partial charge in [0.15, 0.2) is 0 Å². The fourth-order valence-corrected chi connectivity index (χ4v) is 3.08. The van der Waals surface area contributed by atoms with Crippen molar-refractivity contribution in [2.75, 3.05) is 32.3 Å². The lowest BCUT2D eigenvalue weighted by Crippen LogP contribution is -2.35. The van der Waals surface area contributed by atoms with Gasteiger partial charge in [-0.1, -0.05) is 15.9 Å². The van der Waals surface area contributed by atoms with Gasteiger partial charge in [0.05, 0.1) is 24.3 Å². The van der Waals surface area contributed by atoms with Crippen molar-refractivity contribution in [1.82, 2.24) is 5.32 Å². The van der Waals surface area contributed by atoms with E-state index in [0.29, 0.717) is 21.3 Å². The molecule has 0 aliphatic carbocycles. The molecular weight excluding hydrogens is 364 g/mol. The smallest absolute Gasteiger partial charge is 0.338 e. The van der Waals surface area contributed by atoms with Crippen LogP contribution in [-0.2, 0) is 14.4 Å². The molecule has 1 fully saturated rings. The molecule has 0 radical (unpaired) electrons.